The number of hydrogen-bond donors (Lipinski definition) is 1. The maximum atomic E-state index is 14.3. The van der Waals surface area contributed by atoms with Crippen molar-refractivity contribution in [2.75, 3.05) is 0 Å². The number of fused-ring (bicyclic) bond motifs is 1. The van der Waals surface area contributed by atoms with E-state index in [4.69, 9.17) is 11.6 Å². The van der Waals surface area contributed by atoms with Crippen LogP contribution >= 0.6 is 23.4 Å². The zero-order chi connectivity index (χ0) is 20.0. The molecule has 1 aliphatic carbocycles. The molecule has 9 heteroatoms. The Morgan fingerprint density at radius 3 is 2.83 bits per heavy atom. The highest BCUT2D eigenvalue weighted by Crippen LogP contribution is 2.41. The van der Waals surface area contributed by atoms with Crippen molar-refractivity contribution in [2.45, 2.75) is 29.8 Å². The third-order valence-electron chi connectivity index (χ3n) is 4.75. The van der Waals surface area contributed by atoms with Crippen molar-refractivity contribution in [3.63, 3.8) is 0 Å². The number of aromatic nitrogens is 5. The maximum Gasteiger partial charge on any atom is 0.258 e. The number of halogens is 2. The van der Waals surface area contributed by atoms with E-state index in [-0.39, 0.29) is 17.4 Å². The summed E-state index contributed by atoms with van der Waals surface area (Å²) in [4.78, 5) is 19.6. The van der Waals surface area contributed by atoms with Gasteiger partial charge in [0.25, 0.3) is 5.56 Å². The van der Waals surface area contributed by atoms with Crippen molar-refractivity contribution in [2.24, 2.45) is 0 Å². The van der Waals surface area contributed by atoms with E-state index >= 15 is 0 Å². The van der Waals surface area contributed by atoms with E-state index in [0.29, 0.717) is 44.0 Å². The van der Waals surface area contributed by atoms with Crippen molar-refractivity contribution in [1.29, 1.82) is 0 Å². The number of hydrogen-bond acceptors (Lipinski definition) is 5. The molecule has 6 nitrogen and oxygen atoms in total. The second kappa shape index (κ2) is 7.27. The lowest BCUT2D eigenvalue weighted by molar-refractivity contribution is 0.622. The van der Waals surface area contributed by atoms with E-state index in [1.54, 1.807) is 36.4 Å². The zero-order valence-corrected chi connectivity index (χ0v) is 16.7. The molecule has 2 heterocycles. The molecule has 0 saturated heterocycles. The molecule has 2 aromatic carbocycles. The Labute approximate surface area is 174 Å². The number of thioether (sulfide) groups is 1. The summed E-state index contributed by atoms with van der Waals surface area (Å²) >= 11 is 7.38. The van der Waals surface area contributed by atoms with E-state index in [9.17, 15) is 9.18 Å². The molecule has 0 spiro atoms. The van der Waals surface area contributed by atoms with Gasteiger partial charge in [-0.05, 0) is 43.2 Å². The predicted octanol–water partition coefficient (Wildman–Crippen LogP) is 4.60. The third kappa shape index (κ3) is 3.54. The van der Waals surface area contributed by atoms with Gasteiger partial charge in [0.1, 0.15) is 11.6 Å². The number of aromatic amines is 1. The van der Waals surface area contributed by atoms with Crippen LogP contribution in [-0.4, -0.2) is 24.7 Å². The summed E-state index contributed by atoms with van der Waals surface area (Å²) in [6.07, 6.45) is 2.03. The van der Waals surface area contributed by atoms with Crippen molar-refractivity contribution in [1.82, 2.24) is 24.7 Å². The van der Waals surface area contributed by atoms with E-state index in [1.807, 2.05) is 4.57 Å². The van der Waals surface area contributed by atoms with Gasteiger partial charge in [-0.3, -0.25) is 9.36 Å². The van der Waals surface area contributed by atoms with Gasteiger partial charge in [-0.25, -0.2) is 9.37 Å². The molecule has 146 valence electrons. The van der Waals surface area contributed by atoms with Crippen LogP contribution in [0.5, 0.6) is 0 Å². The largest absolute Gasteiger partial charge is 0.309 e. The molecular weight excluding hydrogens is 413 g/mol. The molecule has 2 aromatic heterocycles. The van der Waals surface area contributed by atoms with Crippen molar-refractivity contribution in [3.8, 4) is 11.4 Å². The first-order valence-electron chi connectivity index (χ1n) is 9.11. The molecule has 0 amide bonds. The highest BCUT2D eigenvalue weighted by atomic mass is 35.5. The Kier molecular flexibility index (Phi) is 4.60. The van der Waals surface area contributed by atoms with E-state index in [0.717, 1.165) is 12.8 Å². The van der Waals surface area contributed by atoms with E-state index in [2.05, 4.69) is 20.2 Å². The van der Waals surface area contributed by atoms with Gasteiger partial charge in [0.05, 0.1) is 22.2 Å². The van der Waals surface area contributed by atoms with Crippen LogP contribution in [0.15, 0.2) is 52.4 Å². The summed E-state index contributed by atoms with van der Waals surface area (Å²) < 4.78 is 16.3. The first-order valence-corrected chi connectivity index (χ1v) is 10.5. The van der Waals surface area contributed by atoms with Crippen LogP contribution in [0.4, 0.5) is 4.39 Å². The summed E-state index contributed by atoms with van der Waals surface area (Å²) in [7, 11) is 0. The molecule has 1 aliphatic rings. The topological polar surface area (TPSA) is 76.5 Å². The lowest BCUT2D eigenvalue weighted by atomic mass is 10.2. The minimum atomic E-state index is -0.322. The van der Waals surface area contributed by atoms with Gasteiger partial charge in [0, 0.05) is 11.1 Å². The molecule has 0 unspecified atom stereocenters. The van der Waals surface area contributed by atoms with Crippen LogP contribution in [0.3, 0.4) is 0 Å². The first kappa shape index (κ1) is 18.3. The molecule has 5 rings (SSSR count). The lowest BCUT2D eigenvalue weighted by Gasteiger charge is -2.09. The molecule has 0 atom stereocenters. The van der Waals surface area contributed by atoms with Crippen molar-refractivity contribution >= 4 is 34.3 Å². The summed E-state index contributed by atoms with van der Waals surface area (Å²) in [6.45, 7) is 0. The molecule has 0 radical (unpaired) electrons. The molecule has 0 bridgehead atoms. The summed E-state index contributed by atoms with van der Waals surface area (Å²) in [5.74, 6) is 1.16. The van der Waals surface area contributed by atoms with Gasteiger partial charge >= 0.3 is 0 Å². The van der Waals surface area contributed by atoms with Crippen LogP contribution in [0.2, 0.25) is 5.02 Å². The fourth-order valence-corrected chi connectivity index (χ4v) is 4.27. The number of rotatable bonds is 5. The number of H-pyrrole nitrogens is 1. The number of nitrogens with one attached hydrogen (secondary N) is 1. The van der Waals surface area contributed by atoms with Gasteiger partial charge in [-0.1, -0.05) is 35.5 Å². The van der Waals surface area contributed by atoms with Crippen molar-refractivity contribution in [3.05, 3.63) is 69.5 Å². The third-order valence-corrected chi connectivity index (χ3v) is 5.94. The summed E-state index contributed by atoms with van der Waals surface area (Å²) in [5.41, 5.74) is 0.793. The summed E-state index contributed by atoms with van der Waals surface area (Å²) in [5, 5.41) is 10.2. The fraction of sp³-hybridized carbons (Fsp3) is 0.200. The normalized spacial score (nSPS) is 13.9. The number of nitrogens with zero attached hydrogens (tertiary/aromatic N) is 4. The number of benzene rings is 2. The van der Waals surface area contributed by atoms with Gasteiger partial charge in [0.15, 0.2) is 11.0 Å². The Morgan fingerprint density at radius 2 is 2.03 bits per heavy atom. The van der Waals surface area contributed by atoms with Crippen LogP contribution in [0.1, 0.15) is 24.7 Å². The van der Waals surface area contributed by atoms with Crippen LogP contribution in [0, 0.1) is 5.82 Å². The standard InChI is InChI=1S/C20H15ClFN5OS/c21-11-5-8-16-14(9-11)19(28)24-17(23-16)10-29-20-26-25-18(27(20)12-6-7-12)13-3-1-2-4-15(13)22/h1-5,8-9,12H,6-7,10H2,(H,23,24,28). The minimum absolute atomic E-state index is 0.233. The molecule has 29 heavy (non-hydrogen) atoms. The fourth-order valence-electron chi connectivity index (χ4n) is 3.22. The molecule has 4 aromatic rings. The van der Waals surface area contributed by atoms with Gasteiger partial charge in [0.2, 0.25) is 0 Å². The molecule has 1 N–H and O–H groups in total. The smallest absolute Gasteiger partial charge is 0.258 e. The summed E-state index contributed by atoms with van der Waals surface area (Å²) in [6, 6.07) is 11.9. The SMILES string of the molecule is O=c1[nH]c(CSc2nnc(-c3ccccc3F)n2C2CC2)nc2ccc(Cl)cc12. The van der Waals surface area contributed by atoms with Gasteiger partial charge < -0.3 is 4.98 Å². The average molecular weight is 428 g/mol. The van der Waals surface area contributed by atoms with Crippen LogP contribution in [-0.2, 0) is 5.75 Å². The molecule has 1 saturated carbocycles. The minimum Gasteiger partial charge on any atom is -0.309 e. The predicted molar refractivity (Wildman–Crippen MR) is 111 cm³/mol. The lowest BCUT2D eigenvalue weighted by Crippen LogP contribution is -2.11. The second-order valence-electron chi connectivity index (χ2n) is 6.85. The van der Waals surface area contributed by atoms with Gasteiger partial charge in [-0.2, -0.15) is 0 Å². The Morgan fingerprint density at radius 1 is 1.21 bits per heavy atom. The maximum absolute atomic E-state index is 14.3. The monoisotopic (exact) mass is 427 g/mol. The molecule has 1 fully saturated rings. The Bertz CT molecular complexity index is 1280. The van der Waals surface area contributed by atoms with Crippen molar-refractivity contribution < 1.29 is 4.39 Å². The highest BCUT2D eigenvalue weighted by molar-refractivity contribution is 7.98. The van der Waals surface area contributed by atoms with Crippen LogP contribution < -0.4 is 5.56 Å². The van der Waals surface area contributed by atoms with E-state index in [1.165, 1.54) is 17.8 Å². The van der Waals surface area contributed by atoms with E-state index < -0.39 is 0 Å². The Balaban J connectivity index is 1.46. The molecular formula is C20H15ClFN5OS. The second-order valence-corrected chi connectivity index (χ2v) is 8.23. The highest BCUT2D eigenvalue weighted by Gasteiger charge is 2.31. The van der Waals surface area contributed by atoms with Gasteiger partial charge in [-0.15, -0.1) is 10.2 Å². The molecule has 0 aliphatic heterocycles. The quantitative estimate of drug-likeness (QED) is 0.471. The average Bonchev–Trinajstić information content (AvgIpc) is 3.47. The van der Waals surface area contributed by atoms with Crippen LogP contribution in [0.25, 0.3) is 22.3 Å². The first-order chi connectivity index (χ1) is 14.1. The zero-order valence-electron chi connectivity index (χ0n) is 15.1. The Hall–Kier alpha value is -2.71.